The fourth-order valence-corrected chi connectivity index (χ4v) is 11.2. The average molecular weight is 1120 g/mol. The molecule has 1 aliphatic carbocycles. The van der Waals surface area contributed by atoms with Crippen molar-refractivity contribution in [1.82, 2.24) is 45.9 Å². The zero-order chi connectivity index (χ0) is 57.5. The Balaban J connectivity index is 0.729. The molecular formula is C57H64FN9O14. The van der Waals surface area contributed by atoms with E-state index in [4.69, 9.17) is 19.2 Å². The molecule has 1 saturated heterocycles. The number of nitrogens with one attached hydrogen (secondary N) is 5. The van der Waals surface area contributed by atoms with E-state index in [0.29, 0.717) is 85.2 Å². The van der Waals surface area contributed by atoms with E-state index in [2.05, 4.69) is 26.6 Å². The van der Waals surface area contributed by atoms with Crippen molar-refractivity contribution in [3.05, 3.63) is 110 Å². The van der Waals surface area contributed by atoms with Gasteiger partial charge < -0.3 is 50.5 Å². The predicted octanol–water partition coefficient (Wildman–Crippen LogP) is 1.17. The van der Waals surface area contributed by atoms with Crippen LogP contribution in [0.4, 0.5) is 4.39 Å². The van der Waals surface area contributed by atoms with Crippen molar-refractivity contribution in [2.45, 2.75) is 115 Å². The number of amides is 7. The van der Waals surface area contributed by atoms with E-state index in [0.717, 1.165) is 27.8 Å². The zero-order valence-electron chi connectivity index (χ0n) is 45.0. The Kier molecular flexibility index (Phi) is 17.8. The first-order valence-corrected chi connectivity index (χ1v) is 27.2. The summed E-state index contributed by atoms with van der Waals surface area (Å²) < 4.78 is 33.0. The van der Waals surface area contributed by atoms with Gasteiger partial charge in [0, 0.05) is 60.7 Å². The highest BCUT2D eigenvalue weighted by Gasteiger charge is 2.46. The van der Waals surface area contributed by atoms with Crippen LogP contribution < -0.4 is 32.1 Å². The number of ether oxygens (including phenoxy) is 3. The number of aromatic nitrogens is 2. The lowest BCUT2D eigenvalue weighted by Crippen LogP contribution is -2.51. The van der Waals surface area contributed by atoms with Gasteiger partial charge in [0.2, 0.25) is 23.6 Å². The number of carbonyl (C=O) groups excluding carboxylic acids is 9. The Labute approximate surface area is 464 Å². The number of carbonyl (C=O) groups is 9. The van der Waals surface area contributed by atoms with E-state index in [1.807, 2.05) is 4.90 Å². The number of rotatable bonds is 24. The Morgan fingerprint density at radius 1 is 0.901 bits per heavy atom. The van der Waals surface area contributed by atoms with Gasteiger partial charge in [-0.1, -0.05) is 43.7 Å². The van der Waals surface area contributed by atoms with Crippen LogP contribution in [0.5, 0.6) is 0 Å². The summed E-state index contributed by atoms with van der Waals surface area (Å²) in [5.41, 5.74) is 2.40. The predicted molar refractivity (Wildman–Crippen MR) is 285 cm³/mol. The molecule has 4 atom stereocenters. The number of aliphatic hydroxyl groups is 1. The fourth-order valence-electron chi connectivity index (χ4n) is 11.2. The number of hydrogen-bond donors (Lipinski definition) is 6. The summed E-state index contributed by atoms with van der Waals surface area (Å²) in [6.45, 7) is 2.58. The molecule has 23 nitrogen and oxygen atoms in total. The number of benzene rings is 2. The molecule has 428 valence electrons. The molecule has 6 heterocycles. The third kappa shape index (κ3) is 12.6. The summed E-state index contributed by atoms with van der Waals surface area (Å²) in [7, 11) is 0. The number of fused-ring (bicyclic) bond motifs is 5. The summed E-state index contributed by atoms with van der Waals surface area (Å²) in [6.07, 6.45) is 6.27. The van der Waals surface area contributed by atoms with Crippen molar-refractivity contribution < 1.29 is 66.9 Å². The van der Waals surface area contributed by atoms with E-state index in [1.165, 1.54) is 22.8 Å². The number of aryl methyl sites for hydroxylation is 1. The third-order valence-corrected chi connectivity index (χ3v) is 15.6. The minimum Gasteiger partial charge on any atom is -0.458 e. The monoisotopic (exact) mass is 1120 g/mol. The van der Waals surface area contributed by atoms with Crippen molar-refractivity contribution in [2.24, 2.45) is 0 Å². The van der Waals surface area contributed by atoms with Gasteiger partial charge >= 0.3 is 11.9 Å². The number of hydrogen-bond acceptors (Lipinski definition) is 16. The van der Waals surface area contributed by atoms with Crippen molar-refractivity contribution in [3.8, 4) is 11.4 Å². The summed E-state index contributed by atoms with van der Waals surface area (Å²) in [5, 5.41) is 25.5. The van der Waals surface area contributed by atoms with Crippen LogP contribution in [-0.2, 0) is 89.0 Å². The second-order valence-corrected chi connectivity index (χ2v) is 20.7. The van der Waals surface area contributed by atoms with Crippen molar-refractivity contribution in [2.75, 3.05) is 52.7 Å². The molecule has 0 unspecified atom stereocenters. The molecule has 0 radical (unpaired) electrons. The zero-order valence-corrected chi connectivity index (χ0v) is 45.0. The Morgan fingerprint density at radius 2 is 1.68 bits per heavy atom. The molecule has 0 bridgehead atoms. The van der Waals surface area contributed by atoms with Gasteiger partial charge in [0.1, 0.15) is 31.7 Å². The van der Waals surface area contributed by atoms with E-state index in [1.54, 1.807) is 50.2 Å². The molecule has 7 amide bonds. The summed E-state index contributed by atoms with van der Waals surface area (Å²) in [4.78, 5) is 136. The van der Waals surface area contributed by atoms with Gasteiger partial charge in [-0.25, -0.2) is 14.2 Å². The average Bonchev–Trinajstić information content (AvgIpc) is 4.41. The first-order chi connectivity index (χ1) is 38.9. The highest BCUT2D eigenvalue weighted by atomic mass is 19.1. The van der Waals surface area contributed by atoms with Gasteiger partial charge in [0.15, 0.2) is 12.2 Å². The molecule has 4 aliphatic heterocycles. The topological polar surface area (TPSA) is 303 Å². The molecule has 0 spiro atoms. The van der Waals surface area contributed by atoms with E-state index >= 15 is 4.39 Å². The number of halogens is 1. The summed E-state index contributed by atoms with van der Waals surface area (Å²) in [6, 6.07) is 9.57. The van der Waals surface area contributed by atoms with Crippen molar-refractivity contribution in [3.63, 3.8) is 0 Å². The Morgan fingerprint density at radius 3 is 2.44 bits per heavy atom. The number of unbranched alkanes of at least 4 members (excludes halogenated alkanes) is 2. The van der Waals surface area contributed by atoms with Crippen LogP contribution in [0.15, 0.2) is 59.4 Å². The third-order valence-electron chi connectivity index (χ3n) is 15.6. The number of likely N-dealkylation sites (tertiary alicyclic amines) is 1. The standard InChI is InChI=1S/C57H64FN9O14/c1-3-57(78)37-24-43-52-35(28-67(43)55(76)36(37)29-81-56(57)77)51-39(16-15-34-32(2)38(58)25-40(63-52)50(34)51)64-54(75)42-13-10-19-65(42)21-22-79-31-61-45(69)26-60-53(74)41(23-33-11-6-4-7-12-33)62-46(70)30-80-49(73)27-59-44(68)14-8-5-9-20-66-47(71)17-18-48(66)72/h4,6-7,11-12,17-18,24-25,39,41-42,78H,3,5,8-10,13-16,19-23,26-31H2,1-2H3,(H,59,68)(H,60,74)(H,61,69)(H,62,70)(H,64,75)/t39-,41-,42-,57-/m0/s1. The van der Waals surface area contributed by atoms with Crippen LogP contribution in [0.2, 0.25) is 0 Å². The smallest absolute Gasteiger partial charge is 0.343 e. The lowest BCUT2D eigenvalue weighted by Gasteiger charge is -2.32. The summed E-state index contributed by atoms with van der Waals surface area (Å²) >= 11 is 0. The fraction of sp³-hybridized carbons (Fsp3) is 0.456. The quantitative estimate of drug-likeness (QED) is 0.0219. The van der Waals surface area contributed by atoms with Gasteiger partial charge in [-0.05, 0) is 86.7 Å². The molecule has 6 N–H and O–H groups in total. The highest BCUT2D eigenvalue weighted by molar-refractivity contribution is 6.12. The molecule has 5 aliphatic rings. The van der Waals surface area contributed by atoms with Crippen LogP contribution in [0, 0.1) is 12.7 Å². The molecule has 24 heteroatoms. The Bertz CT molecular complexity index is 3280. The van der Waals surface area contributed by atoms with Crippen LogP contribution in [0.25, 0.3) is 22.3 Å². The van der Waals surface area contributed by atoms with Crippen LogP contribution >= 0.6 is 0 Å². The molecule has 0 saturated carbocycles. The second-order valence-electron chi connectivity index (χ2n) is 20.7. The maximum absolute atomic E-state index is 15.5. The molecule has 9 rings (SSSR count). The number of nitrogens with zero attached hydrogens (tertiary/aromatic N) is 4. The molecule has 2 aromatic heterocycles. The van der Waals surface area contributed by atoms with Crippen LogP contribution in [0.1, 0.15) is 103 Å². The lowest BCUT2D eigenvalue weighted by molar-refractivity contribution is -0.172. The summed E-state index contributed by atoms with van der Waals surface area (Å²) in [5.74, 6) is -5.63. The maximum Gasteiger partial charge on any atom is 0.343 e. The minimum absolute atomic E-state index is 0.0296. The van der Waals surface area contributed by atoms with E-state index in [-0.39, 0.29) is 81.1 Å². The van der Waals surface area contributed by atoms with Crippen molar-refractivity contribution >= 4 is 64.2 Å². The number of cyclic esters (lactones) is 1. The molecule has 4 aromatic rings. The lowest BCUT2D eigenvalue weighted by atomic mass is 9.81. The van der Waals surface area contributed by atoms with E-state index in [9.17, 15) is 53.1 Å². The second kappa shape index (κ2) is 25.1. The maximum atomic E-state index is 15.5. The van der Waals surface area contributed by atoms with E-state index < -0.39 is 90.4 Å². The number of imide groups is 1. The van der Waals surface area contributed by atoms with Crippen LogP contribution in [0.3, 0.4) is 0 Å². The van der Waals surface area contributed by atoms with Crippen molar-refractivity contribution in [1.29, 1.82) is 0 Å². The number of pyridine rings is 2. The van der Waals surface area contributed by atoms with Gasteiger partial charge in [-0.3, -0.25) is 53.0 Å². The minimum atomic E-state index is -2.03. The first kappa shape index (κ1) is 57.5. The first-order valence-electron chi connectivity index (χ1n) is 27.2. The molecule has 2 aromatic carbocycles. The van der Waals surface area contributed by atoms with Gasteiger partial charge in [-0.15, -0.1) is 0 Å². The van der Waals surface area contributed by atoms with Gasteiger partial charge in [0.05, 0.1) is 54.2 Å². The highest BCUT2D eigenvalue weighted by Crippen LogP contribution is 2.46. The van der Waals surface area contributed by atoms with Gasteiger partial charge in [0.25, 0.3) is 23.3 Å². The Hall–Kier alpha value is -8.22. The number of esters is 2. The van der Waals surface area contributed by atoms with Gasteiger partial charge in [-0.2, -0.15) is 0 Å². The molecular weight excluding hydrogens is 1050 g/mol. The molecule has 1 fully saturated rings. The normalized spacial score (nSPS) is 19.1. The van der Waals surface area contributed by atoms with Crippen LogP contribution in [-0.4, -0.2) is 142 Å². The largest absolute Gasteiger partial charge is 0.458 e. The SMILES string of the molecule is CC[C@@]1(O)C(=O)OCc2c1cc1n(c2=O)Cc2c-1nc1cc(F)c(C)c3c1c2[C@@H](NC(=O)[C@@H]1CCCN1CCOCNC(=O)CNC(=O)[C@H](Cc1ccccc1)NC(=O)COC(=O)CNC(=O)CCCCCN1C(=O)C=CC1=O)CC3. The molecule has 81 heavy (non-hydrogen) atoms.